The van der Waals surface area contributed by atoms with Crippen LogP contribution in [0.3, 0.4) is 0 Å². The fourth-order valence-corrected chi connectivity index (χ4v) is 7.17. The van der Waals surface area contributed by atoms with E-state index in [1.54, 1.807) is 19.1 Å². The van der Waals surface area contributed by atoms with Crippen LogP contribution < -0.4 is 5.32 Å². The molecule has 8 heteroatoms. The molecule has 3 unspecified atom stereocenters. The van der Waals surface area contributed by atoms with Crippen LogP contribution in [-0.4, -0.2) is 62.2 Å². The molecule has 0 amide bonds. The van der Waals surface area contributed by atoms with E-state index in [2.05, 4.69) is 17.9 Å². The molecular formula is C23H30N2O4S2. The molecule has 2 aromatic carbocycles. The van der Waals surface area contributed by atoms with Gasteiger partial charge in [-0.2, -0.15) is 12.6 Å². The number of likely N-dealkylation sites (tertiary alicyclic amines) is 1. The van der Waals surface area contributed by atoms with Crippen molar-refractivity contribution in [2.45, 2.75) is 47.7 Å². The van der Waals surface area contributed by atoms with E-state index in [0.717, 1.165) is 10.8 Å². The number of carbonyl (C=O) groups excluding carboxylic acids is 1. The van der Waals surface area contributed by atoms with Gasteiger partial charge in [0.1, 0.15) is 5.37 Å². The van der Waals surface area contributed by atoms with Gasteiger partial charge in [0.05, 0.1) is 17.4 Å². The molecule has 0 spiro atoms. The third-order valence-electron chi connectivity index (χ3n) is 6.36. The Kier molecular flexibility index (Phi) is 6.91. The van der Waals surface area contributed by atoms with Crippen LogP contribution in [-0.2, 0) is 19.4 Å². The molecule has 168 valence electrons. The molecule has 2 aliphatic heterocycles. The van der Waals surface area contributed by atoms with Crippen LogP contribution in [0.15, 0.2) is 47.4 Å². The van der Waals surface area contributed by atoms with Crippen molar-refractivity contribution in [3.63, 3.8) is 0 Å². The van der Waals surface area contributed by atoms with Gasteiger partial charge < -0.3 is 10.1 Å². The summed E-state index contributed by atoms with van der Waals surface area (Å²) in [6.45, 7) is 3.97. The van der Waals surface area contributed by atoms with Gasteiger partial charge in [-0.05, 0) is 49.1 Å². The largest absolute Gasteiger partial charge is 0.466 e. The molecule has 2 aliphatic rings. The van der Waals surface area contributed by atoms with Crippen LogP contribution in [0.2, 0.25) is 0 Å². The number of carbonyl (C=O) groups is 1. The lowest BCUT2D eigenvalue weighted by Crippen LogP contribution is -2.54. The molecule has 31 heavy (non-hydrogen) atoms. The predicted molar refractivity (Wildman–Crippen MR) is 125 cm³/mol. The highest BCUT2D eigenvalue weighted by molar-refractivity contribution is 7.92. The summed E-state index contributed by atoms with van der Waals surface area (Å²) in [6.07, 6.45) is 1.91. The van der Waals surface area contributed by atoms with E-state index in [4.69, 9.17) is 4.74 Å². The Bertz CT molecular complexity index is 1030. The molecule has 2 aromatic rings. The second-order valence-electron chi connectivity index (χ2n) is 8.41. The fraction of sp³-hybridized carbons (Fsp3) is 0.522. The Labute approximate surface area is 189 Å². The van der Waals surface area contributed by atoms with E-state index in [1.807, 2.05) is 35.2 Å². The standard InChI is InChI=1S/C23H30N2O4S2/c1-2-29-23(26)17-9-11-25(12-10-17)22(21-14-19(30)15-24-21)31(27,28)20-8-7-16-5-3-4-6-18(16)13-20/h3-8,13,17,19,21-22,24,30H,2,9-12,14-15H2,1H3. The van der Waals surface area contributed by atoms with Crippen molar-refractivity contribution in [1.29, 1.82) is 0 Å². The molecule has 3 atom stereocenters. The molecule has 1 N–H and O–H groups in total. The highest BCUT2D eigenvalue weighted by Crippen LogP contribution is 2.32. The normalized spacial score (nSPS) is 24.3. The number of sulfone groups is 1. The van der Waals surface area contributed by atoms with Gasteiger partial charge in [0, 0.05) is 30.9 Å². The average molecular weight is 463 g/mol. The van der Waals surface area contributed by atoms with Gasteiger partial charge in [0.15, 0.2) is 9.84 Å². The monoisotopic (exact) mass is 462 g/mol. The molecule has 2 heterocycles. The number of benzene rings is 2. The Balaban J connectivity index is 1.62. The van der Waals surface area contributed by atoms with E-state index in [9.17, 15) is 13.2 Å². The minimum Gasteiger partial charge on any atom is -0.466 e. The van der Waals surface area contributed by atoms with Gasteiger partial charge >= 0.3 is 5.97 Å². The van der Waals surface area contributed by atoms with Gasteiger partial charge in [-0.25, -0.2) is 8.42 Å². The second-order valence-corrected chi connectivity index (χ2v) is 11.2. The first-order valence-corrected chi connectivity index (χ1v) is 13.0. The zero-order valence-electron chi connectivity index (χ0n) is 17.7. The number of thiol groups is 1. The lowest BCUT2D eigenvalue weighted by molar-refractivity contribution is -0.149. The number of piperidine rings is 1. The number of rotatable bonds is 6. The minimum absolute atomic E-state index is 0.136. The summed E-state index contributed by atoms with van der Waals surface area (Å²) < 4.78 is 32.9. The third kappa shape index (κ3) is 4.77. The predicted octanol–water partition coefficient (Wildman–Crippen LogP) is 2.88. The van der Waals surface area contributed by atoms with Gasteiger partial charge in [0.25, 0.3) is 0 Å². The summed E-state index contributed by atoms with van der Waals surface area (Å²) >= 11 is 4.57. The van der Waals surface area contributed by atoms with E-state index in [1.165, 1.54) is 0 Å². The number of esters is 1. The molecule has 0 radical (unpaired) electrons. The quantitative estimate of drug-likeness (QED) is 0.508. The van der Waals surface area contributed by atoms with Gasteiger partial charge in [-0.3, -0.25) is 9.69 Å². The highest BCUT2D eigenvalue weighted by atomic mass is 32.2. The summed E-state index contributed by atoms with van der Waals surface area (Å²) in [4.78, 5) is 14.5. The van der Waals surface area contributed by atoms with Crippen LogP contribution >= 0.6 is 12.6 Å². The maximum atomic E-state index is 13.9. The fourth-order valence-electron chi connectivity index (χ4n) is 4.76. The number of hydrogen-bond acceptors (Lipinski definition) is 7. The molecule has 6 nitrogen and oxygen atoms in total. The van der Waals surface area contributed by atoms with Gasteiger partial charge in [0.2, 0.25) is 0 Å². The van der Waals surface area contributed by atoms with E-state index in [-0.39, 0.29) is 23.2 Å². The zero-order valence-corrected chi connectivity index (χ0v) is 19.4. The van der Waals surface area contributed by atoms with Crippen LogP contribution in [0, 0.1) is 5.92 Å². The molecule has 4 rings (SSSR count). The Morgan fingerprint density at radius 2 is 1.90 bits per heavy atom. The molecule has 0 bridgehead atoms. The SMILES string of the molecule is CCOC(=O)C1CCN(C(C2CC(S)CN2)S(=O)(=O)c2ccc3ccccc3c2)CC1. The zero-order chi connectivity index (χ0) is 22.0. The first-order chi connectivity index (χ1) is 14.9. The third-order valence-corrected chi connectivity index (χ3v) is 8.93. The summed E-state index contributed by atoms with van der Waals surface area (Å²) in [6, 6.07) is 12.9. The number of fused-ring (bicyclic) bond motifs is 1. The van der Waals surface area contributed by atoms with Crippen LogP contribution in [0.1, 0.15) is 26.2 Å². The topological polar surface area (TPSA) is 75.7 Å². The van der Waals surface area contributed by atoms with Crippen molar-refractivity contribution >= 4 is 39.2 Å². The van der Waals surface area contributed by atoms with Crippen molar-refractivity contribution in [3.05, 3.63) is 42.5 Å². The van der Waals surface area contributed by atoms with E-state index in [0.29, 0.717) is 50.4 Å². The average Bonchev–Trinajstić information content (AvgIpc) is 3.19. The maximum Gasteiger partial charge on any atom is 0.309 e. The number of ether oxygens (including phenoxy) is 1. The van der Waals surface area contributed by atoms with Crippen molar-refractivity contribution in [2.24, 2.45) is 5.92 Å². The number of nitrogens with one attached hydrogen (secondary N) is 1. The van der Waals surface area contributed by atoms with Gasteiger partial charge in [-0.1, -0.05) is 30.3 Å². The highest BCUT2D eigenvalue weighted by Gasteiger charge is 2.43. The lowest BCUT2D eigenvalue weighted by Gasteiger charge is -2.39. The van der Waals surface area contributed by atoms with Crippen molar-refractivity contribution in [2.75, 3.05) is 26.2 Å². The molecular weight excluding hydrogens is 432 g/mol. The van der Waals surface area contributed by atoms with Crippen LogP contribution in [0.25, 0.3) is 10.8 Å². The Morgan fingerprint density at radius 3 is 2.55 bits per heavy atom. The first-order valence-electron chi connectivity index (χ1n) is 10.9. The van der Waals surface area contributed by atoms with Crippen molar-refractivity contribution in [3.8, 4) is 0 Å². The second kappa shape index (κ2) is 9.48. The lowest BCUT2D eigenvalue weighted by atomic mass is 9.96. The number of nitrogens with zero attached hydrogens (tertiary/aromatic N) is 1. The Hall–Kier alpha value is -1.61. The van der Waals surface area contributed by atoms with E-state index < -0.39 is 15.2 Å². The molecule has 2 saturated heterocycles. The molecule has 0 saturated carbocycles. The molecule has 0 aliphatic carbocycles. The minimum atomic E-state index is -3.63. The van der Waals surface area contributed by atoms with Crippen LogP contribution in [0.4, 0.5) is 0 Å². The van der Waals surface area contributed by atoms with Crippen molar-refractivity contribution in [1.82, 2.24) is 10.2 Å². The van der Waals surface area contributed by atoms with Crippen LogP contribution in [0.5, 0.6) is 0 Å². The number of hydrogen-bond donors (Lipinski definition) is 2. The first kappa shape index (κ1) is 22.6. The van der Waals surface area contributed by atoms with Crippen molar-refractivity contribution < 1.29 is 17.9 Å². The maximum absolute atomic E-state index is 13.9. The Morgan fingerprint density at radius 1 is 1.19 bits per heavy atom. The summed E-state index contributed by atoms with van der Waals surface area (Å²) in [5, 5.41) is 4.76. The summed E-state index contributed by atoms with van der Waals surface area (Å²) in [7, 11) is -3.63. The summed E-state index contributed by atoms with van der Waals surface area (Å²) in [5.41, 5.74) is 0. The van der Waals surface area contributed by atoms with E-state index >= 15 is 0 Å². The smallest absolute Gasteiger partial charge is 0.309 e. The van der Waals surface area contributed by atoms with Gasteiger partial charge in [-0.15, -0.1) is 0 Å². The summed E-state index contributed by atoms with van der Waals surface area (Å²) in [5.74, 6) is -0.333. The molecule has 2 fully saturated rings. The molecule has 0 aromatic heterocycles.